The second-order valence-electron chi connectivity index (χ2n) is 8.91. The molecule has 31 heavy (non-hydrogen) atoms. The molecule has 2 fully saturated rings. The summed E-state index contributed by atoms with van der Waals surface area (Å²) >= 11 is 0. The van der Waals surface area contributed by atoms with Crippen molar-refractivity contribution in [3.63, 3.8) is 0 Å². The molecule has 162 valence electrons. The van der Waals surface area contributed by atoms with Crippen LogP contribution in [0.3, 0.4) is 0 Å². The zero-order valence-corrected chi connectivity index (χ0v) is 17.9. The fourth-order valence-corrected chi connectivity index (χ4v) is 5.26. The second-order valence-corrected chi connectivity index (χ2v) is 8.91. The van der Waals surface area contributed by atoms with Gasteiger partial charge in [-0.15, -0.1) is 0 Å². The predicted molar refractivity (Wildman–Crippen MR) is 115 cm³/mol. The average Bonchev–Trinajstić information content (AvgIpc) is 3.28. The van der Waals surface area contributed by atoms with Crippen molar-refractivity contribution in [2.45, 2.75) is 50.4 Å². The monoisotopic (exact) mass is 422 g/mol. The number of hydrogen-bond donors (Lipinski definition) is 0. The van der Waals surface area contributed by atoms with Crippen LogP contribution in [0.25, 0.3) is 0 Å². The molecule has 1 saturated heterocycles. The summed E-state index contributed by atoms with van der Waals surface area (Å²) in [6.45, 7) is 3.29. The Morgan fingerprint density at radius 3 is 2.32 bits per heavy atom. The zero-order valence-electron chi connectivity index (χ0n) is 17.9. The standard InChI is InChI=1S/C25H27FN2O3/c1-15(28-24(29)21-5-3-4-6-22(21)25(28)30)20-8-7-16(13-23(20)31-2)17-11-19(12-17)27-10-9-18(26)14-27/h3-8,13,15,17-19H,9-12,14H2,1-2H3/t15-,17?,18+,19?/m0/s1. The fourth-order valence-electron chi connectivity index (χ4n) is 5.26. The van der Waals surface area contributed by atoms with Gasteiger partial charge in [0.05, 0.1) is 24.3 Å². The summed E-state index contributed by atoms with van der Waals surface area (Å²) in [4.78, 5) is 29.3. The van der Waals surface area contributed by atoms with E-state index < -0.39 is 12.2 Å². The number of carbonyl (C=O) groups excluding carboxylic acids is 2. The van der Waals surface area contributed by atoms with Gasteiger partial charge in [0.15, 0.2) is 0 Å². The number of hydrogen-bond acceptors (Lipinski definition) is 4. The van der Waals surface area contributed by atoms with Crippen LogP contribution in [0.2, 0.25) is 0 Å². The number of imide groups is 1. The van der Waals surface area contributed by atoms with Gasteiger partial charge in [-0.25, -0.2) is 4.39 Å². The first-order valence-corrected chi connectivity index (χ1v) is 11.0. The molecule has 2 amide bonds. The first-order valence-electron chi connectivity index (χ1n) is 11.0. The lowest BCUT2D eigenvalue weighted by Crippen LogP contribution is -2.42. The van der Waals surface area contributed by atoms with Gasteiger partial charge < -0.3 is 4.74 Å². The number of benzene rings is 2. The van der Waals surface area contributed by atoms with Crippen LogP contribution < -0.4 is 4.74 Å². The quantitative estimate of drug-likeness (QED) is 0.673. The van der Waals surface area contributed by atoms with Crippen LogP contribution in [-0.2, 0) is 0 Å². The lowest BCUT2D eigenvalue weighted by molar-refractivity contribution is 0.0593. The molecule has 3 aliphatic rings. The van der Waals surface area contributed by atoms with E-state index in [4.69, 9.17) is 4.74 Å². The highest BCUT2D eigenvalue weighted by molar-refractivity contribution is 6.21. The lowest BCUT2D eigenvalue weighted by atomic mass is 9.75. The molecule has 2 heterocycles. The van der Waals surface area contributed by atoms with Gasteiger partial charge in [0.25, 0.3) is 11.8 Å². The third-order valence-corrected chi connectivity index (χ3v) is 7.18. The molecule has 5 rings (SSSR count). The summed E-state index contributed by atoms with van der Waals surface area (Å²) in [5.74, 6) is 0.590. The third kappa shape index (κ3) is 3.33. The van der Waals surface area contributed by atoms with E-state index in [-0.39, 0.29) is 11.8 Å². The van der Waals surface area contributed by atoms with Gasteiger partial charge in [0, 0.05) is 24.7 Å². The van der Waals surface area contributed by atoms with E-state index in [0.29, 0.717) is 41.8 Å². The van der Waals surface area contributed by atoms with Crippen LogP contribution in [0.15, 0.2) is 42.5 Å². The molecule has 2 aromatic carbocycles. The number of amides is 2. The number of rotatable bonds is 5. The average molecular weight is 423 g/mol. The van der Waals surface area contributed by atoms with Gasteiger partial charge in [-0.1, -0.05) is 24.3 Å². The molecule has 5 nitrogen and oxygen atoms in total. The molecule has 6 heteroatoms. The van der Waals surface area contributed by atoms with E-state index in [2.05, 4.69) is 11.0 Å². The van der Waals surface area contributed by atoms with Crippen LogP contribution in [-0.4, -0.2) is 54.0 Å². The number of likely N-dealkylation sites (tertiary alicyclic amines) is 1. The minimum Gasteiger partial charge on any atom is -0.496 e. The number of alkyl halides is 1. The number of methoxy groups -OCH3 is 1. The molecule has 0 N–H and O–H groups in total. The first kappa shape index (κ1) is 20.2. The molecule has 0 unspecified atom stereocenters. The topological polar surface area (TPSA) is 49.9 Å². The van der Waals surface area contributed by atoms with E-state index in [1.54, 1.807) is 31.4 Å². The van der Waals surface area contributed by atoms with Crippen molar-refractivity contribution in [1.29, 1.82) is 0 Å². The highest BCUT2D eigenvalue weighted by Crippen LogP contribution is 2.43. The maximum absolute atomic E-state index is 13.5. The number of carbonyl (C=O) groups is 2. The molecule has 2 aliphatic heterocycles. The van der Waals surface area contributed by atoms with Gasteiger partial charge in [-0.3, -0.25) is 19.4 Å². The Balaban J connectivity index is 1.33. The number of ether oxygens (including phenoxy) is 1. The third-order valence-electron chi connectivity index (χ3n) is 7.18. The SMILES string of the molecule is COc1cc(C2CC(N3CC[C@@H](F)C3)C2)ccc1[C@H](C)N1C(=O)c2ccccc2C1=O. The largest absolute Gasteiger partial charge is 0.496 e. The smallest absolute Gasteiger partial charge is 0.262 e. The normalized spacial score (nSPS) is 26.7. The molecule has 1 aliphatic carbocycles. The number of nitrogens with zero attached hydrogens (tertiary/aromatic N) is 2. The molecule has 0 spiro atoms. The van der Waals surface area contributed by atoms with Crippen molar-refractivity contribution in [2.75, 3.05) is 20.2 Å². The summed E-state index contributed by atoms with van der Waals surface area (Å²) in [5, 5.41) is 0. The van der Waals surface area contributed by atoms with Crippen molar-refractivity contribution >= 4 is 11.8 Å². The highest BCUT2D eigenvalue weighted by Gasteiger charge is 2.40. The fraction of sp³-hybridized carbons (Fsp3) is 0.440. The summed E-state index contributed by atoms with van der Waals surface area (Å²) in [6, 6.07) is 13.1. The number of halogens is 1. The Labute approximate surface area is 181 Å². The zero-order chi connectivity index (χ0) is 21.7. The van der Waals surface area contributed by atoms with Gasteiger partial charge in [-0.05, 0) is 55.9 Å². The predicted octanol–water partition coefficient (Wildman–Crippen LogP) is 4.34. The maximum Gasteiger partial charge on any atom is 0.262 e. The molecular formula is C25H27FN2O3. The van der Waals surface area contributed by atoms with Gasteiger partial charge in [-0.2, -0.15) is 0 Å². The number of fused-ring (bicyclic) bond motifs is 1. The van der Waals surface area contributed by atoms with Crippen molar-refractivity contribution in [3.05, 3.63) is 64.7 Å². The van der Waals surface area contributed by atoms with E-state index in [1.807, 2.05) is 19.1 Å². The molecular weight excluding hydrogens is 395 g/mol. The molecule has 2 aromatic rings. The highest BCUT2D eigenvalue weighted by atomic mass is 19.1. The van der Waals surface area contributed by atoms with Crippen LogP contribution in [0, 0.1) is 0 Å². The second kappa shape index (κ2) is 7.75. The van der Waals surface area contributed by atoms with Crippen molar-refractivity contribution < 1.29 is 18.7 Å². The Hall–Kier alpha value is -2.73. The van der Waals surface area contributed by atoms with E-state index in [9.17, 15) is 14.0 Å². The summed E-state index contributed by atoms with van der Waals surface area (Å²) < 4.78 is 19.2. The molecule has 0 bridgehead atoms. The van der Waals surface area contributed by atoms with Gasteiger partial charge >= 0.3 is 0 Å². The molecule has 2 atom stereocenters. The van der Waals surface area contributed by atoms with Gasteiger partial charge in [0.1, 0.15) is 11.9 Å². The molecule has 0 radical (unpaired) electrons. The molecule has 1 saturated carbocycles. The van der Waals surface area contributed by atoms with Gasteiger partial charge in [0.2, 0.25) is 0 Å². The maximum atomic E-state index is 13.5. The Kier molecular flexibility index (Phi) is 5.05. The van der Waals surface area contributed by atoms with Crippen LogP contribution in [0.1, 0.15) is 70.0 Å². The van der Waals surface area contributed by atoms with E-state index >= 15 is 0 Å². The Morgan fingerprint density at radius 2 is 1.74 bits per heavy atom. The Morgan fingerprint density at radius 1 is 1.06 bits per heavy atom. The van der Waals surface area contributed by atoms with Crippen molar-refractivity contribution in [3.8, 4) is 5.75 Å². The minimum atomic E-state index is -0.679. The summed E-state index contributed by atoms with van der Waals surface area (Å²) in [6.07, 6.45) is 2.04. The first-order chi connectivity index (χ1) is 15.0. The Bertz CT molecular complexity index is 998. The summed E-state index contributed by atoms with van der Waals surface area (Å²) in [7, 11) is 1.62. The van der Waals surface area contributed by atoms with Crippen LogP contribution in [0.5, 0.6) is 5.75 Å². The van der Waals surface area contributed by atoms with E-state index in [1.165, 1.54) is 10.5 Å². The van der Waals surface area contributed by atoms with Crippen molar-refractivity contribution in [1.82, 2.24) is 9.80 Å². The van der Waals surface area contributed by atoms with Crippen LogP contribution >= 0.6 is 0 Å². The molecule has 0 aromatic heterocycles. The minimum absolute atomic E-state index is 0.266. The van der Waals surface area contributed by atoms with Crippen molar-refractivity contribution in [2.24, 2.45) is 0 Å². The van der Waals surface area contributed by atoms with Crippen LogP contribution in [0.4, 0.5) is 4.39 Å². The summed E-state index contributed by atoms with van der Waals surface area (Å²) in [5.41, 5.74) is 2.92. The lowest BCUT2D eigenvalue weighted by Gasteiger charge is -2.41. The van der Waals surface area contributed by atoms with E-state index in [0.717, 1.165) is 24.9 Å².